The normalized spacial score (nSPS) is 16.7. The van der Waals surface area contributed by atoms with Gasteiger partial charge in [0.05, 0.1) is 28.6 Å². The van der Waals surface area contributed by atoms with Crippen LogP contribution in [0.2, 0.25) is 0 Å². The number of nitrogens with zero attached hydrogens (tertiary/aromatic N) is 3. The van der Waals surface area contributed by atoms with Crippen LogP contribution in [-0.4, -0.2) is 48.4 Å². The van der Waals surface area contributed by atoms with Crippen LogP contribution in [0.5, 0.6) is 11.5 Å². The van der Waals surface area contributed by atoms with Crippen LogP contribution in [0.1, 0.15) is 27.2 Å². The van der Waals surface area contributed by atoms with Gasteiger partial charge >= 0.3 is 0 Å². The zero-order valence-electron chi connectivity index (χ0n) is 20.2. The number of hydrogen-bond acceptors (Lipinski definition) is 7. The van der Waals surface area contributed by atoms with Crippen molar-refractivity contribution in [3.8, 4) is 22.8 Å². The first kappa shape index (κ1) is 23.7. The second kappa shape index (κ2) is 9.23. The molecule has 184 valence electrons. The zero-order valence-corrected chi connectivity index (χ0v) is 21.1. The predicted molar refractivity (Wildman–Crippen MR) is 138 cm³/mol. The van der Waals surface area contributed by atoms with Crippen molar-refractivity contribution >= 4 is 40.3 Å². The third-order valence-corrected chi connectivity index (χ3v) is 7.07. The van der Waals surface area contributed by atoms with Crippen molar-refractivity contribution in [3.05, 3.63) is 64.5 Å². The number of thiazole rings is 1. The average molecular weight is 504 g/mol. The summed E-state index contributed by atoms with van der Waals surface area (Å²) in [6, 6.07) is 10.5. The van der Waals surface area contributed by atoms with Gasteiger partial charge in [-0.2, -0.15) is 0 Å². The van der Waals surface area contributed by atoms with E-state index in [0.717, 1.165) is 21.1 Å². The Balaban J connectivity index is 1.48. The molecule has 0 radical (unpaired) electrons. The second-order valence-corrected chi connectivity index (χ2v) is 10.1. The Morgan fingerprint density at radius 3 is 2.61 bits per heavy atom. The van der Waals surface area contributed by atoms with Crippen LogP contribution in [0.15, 0.2) is 49.1 Å². The van der Waals surface area contributed by atoms with E-state index in [4.69, 9.17) is 9.47 Å². The molecule has 0 fully saturated rings. The molecule has 2 amide bonds. The van der Waals surface area contributed by atoms with E-state index in [9.17, 15) is 14.4 Å². The van der Waals surface area contributed by atoms with Gasteiger partial charge in [-0.1, -0.05) is 6.08 Å². The summed E-state index contributed by atoms with van der Waals surface area (Å²) in [6.07, 6.45) is 0.895. The number of ketones is 1. The van der Waals surface area contributed by atoms with E-state index in [1.54, 1.807) is 42.5 Å². The van der Waals surface area contributed by atoms with Gasteiger partial charge < -0.3 is 14.4 Å². The van der Waals surface area contributed by atoms with E-state index in [2.05, 4.69) is 11.6 Å². The Labute approximate surface area is 212 Å². The lowest BCUT2D eigenvalue weighted by Crippen LogP contribution is -2.46. The van der Waals surface area contributed by atoms with Crippen LogP contribution in [-0.2, 0) is 9.59 Å². The Morgan fingerprint density at radius 2 is 1.89 bits per heavy atom. The molecule has 2 aliphatic rings. The summed E-state index contributed by atoms with van der Waals surface area (Å²) in [4.78, 5) is 47.6. The highest BCUT2D eigenvalue weighted by atomic mass is 32.1. The summed E-state index contributed by atoms with van der Waals surface area (Å²) < 4.78 is 11.3. The third-order valence-electron chi connectivity index (χ3n) is 6.18. The maximum atomic E-state index is 13.4. The van der Waals surface area contributed by atoms with E-state index in [0.29, 0.717) is 35.0 Å². The maximum absolute atomic E-state index is 13.4. The molecule has 1 aromatic heterocycles. The summed E-state index contributed by atoms with van der Waals surface area (Å²) in [7, 11) is 0. The molecule has 1 unspecified atom stereocenters. The molecule has 0 spiro atoms. The first-order valence-electron chi connectivity index (χ1n) is 11.5. The van der Waals surface area contributed by atoms with E-state index >= 15 is 0 Å². The number of anilines is 2. The first-order valence-corrected chi connectivity index (χ1v) is 12.4. The van der Waals surface area contributed by atoms with Gasteiger partial charge in [0.25, 0.3) is 11.8 Å². The zero-order chi connectivity index (χ0) is 25.6. The minimum absolute atomic E-state index is 0.0641. The predicted octanol–water partition coefficient (Wildman–Crippen LogP) is 4.34. The Bertz CT molecular complexity index is 1410. The molecule has 5 rings (SSSR count). The summed E-state index contributed by atoms with van der Waals surface area (Å²) in [5, 5.41) is 0.952. The quantitative estimate of drug-likeness (QED) is 0.367. The van der Waals surface area contributed by atoms with Gasteiger partial charge in [-0.25, -0.2) is 4.98 Å². The minimum Gasteiger partial charge on any atom is -0.482 e. The molecule has 2 aliphatic heterocycles. The van der Waals surface area contributed by atoms with Crippen molar-refractivity contribution in [2.24, 2.45) is 0 Å². The Hall–Kier alpha value is -3.98. The van der Waals surface area contributed by atoms with Gasteiger partial charge in [0.1, 0.15) is 11.5 Å². The molecule has 3 heterocycles. The summed E-state index contributed by atoms with van der Waals surface area (Å²) in [5.41, 5.74) is 3.11. The van der Waals surface area contributed by atoms with Gasteiger partial charge in [0, 0.05) is 22.5 Å². The fourth-order valence-electron chi connectivity index (χ4n) is 4.45. The van der Waals surface area contributed by atoms with Crippen molar-refractivity contribution in [1.82, 2.24) is 4.98 Å². The number of hydrogen-bond donors (Lipinski definition) is 0. The van der Waals surface area contributed by atoms with Crippen molar-refractivity contribution in [3.63, 3.8) is 0 Å². The van der Waals surface area contributed by atoms with Crippen molar-refractivity contribution in [1.29, 1.82) is 0 Å². The topological polar surface area (TPSA) is 89.0 Å². The van der Waals surface area contributed by atoms with Gasteiger partial charge in [0.2, 0.25) is 0 Å². The monoisotopic (exact) mass is 503 g/mol. The number of amides is 2. The van der Waals surface area contributed by atoms with E-state index in [-0.39, 0.29) is 30.7 Å². The second-order valence-electron chi connectivity index (χ2n) is 8.69. The summed E-state index contributed by atoms with van der Waals surface area (Å²) in [5.74, 6) is 0.272. The number of ether oxygens (including phenoxy) is 2. The molecular weight excluding hydrogens is 478 g/mol. The lowest BCUT2D eigenvalue weighted by Gasteiger charge is -2.33. The molecule has 2 aromatic carbocycles. The summed E-state index contributed by atoms with van der Waals surface area (Å²) in [6.45, 7) is 9.40. The van der Waals surface area contributed by atoms with E-state index in [1.165, 1.54) is 9.80 Å². The molecule has 0 bridgehead atoms. The lowest BCUT2D eigenvalue weighted by molar-refractivity contribution is -0.125. The number of benzene rings is 2. The lowest BCUT2D eigenvalue weighted by atomic mass is 10.0. The van der Waals surface area contributed by atoms with Gasteiger partial charge in [0.15, 0.2) is 18.5 Å². The fourth-order valence-corrected chi connectivity index (χ4v) is 5.29. The van der Waals surface area contributed by atoms with E-state index < -0.39 is 6.10 Å². The molecule has 1 atom stereocenters. The van der Waals surface area contributed by atoms with E-state index in [1.807, 2.05) is 32.0 Å². The molecule has 8 nitrogen and oxygen atoms in total. The third kappa shape index (κ3) is 4.15. The highest BCUT2D eigenvalue weighted by molar-refractivity contribution is 7.11. The van der Waals surface area contributed by atoms with Crippen LogP contribution in [0.4, 0.5) is 11.4 Å². The Kier molecular flexibility index (Phi) is 6.09. The Morgan fingerprint density at radius 1 is 1.14 bits per heavy atom. The molecular formula is C27H25N3O5S. The van der Waals surface area contributed by atoms with Crippen molar-refractivity contribution in [2.45, 2.75) is 26.9 Å². The van der Waals surface area contributed by atoms with Gasteiger partial charge in [-0.3, -0.25) is 19.3 Å². The van der Waals surface area contributed by atoms with Crippen LogP contribution >= 0.6 is 11.3 Å². The minimum atomic E-state index is -0.725. The van der Waals surface area contributed by atoms with Crippen LogP contribution in [0, 0.1) is 13.8 Å². The number of Topliss-reactive ketones (excluding diaryl/α,β-unsaturated/α-hetero) is 1. The van der Waals surface area contributed by atoms with Crippen molar-refractivity contribution in [2.75, 3.05) is 29.5 Å². The molecule has 0 aliphatic carbocycles. The molecule has 3 aromatic rings. The van der Waals surface area contributed by atoms with Crippen LogP contribution in [0.3, 0.4) is 0 Å². The number of fused-ring (bicyclic) bond motifs is 2. The fraction of sp³-hybridized carbons (Fsp3) is 0.259. The summed E-state index contributed by atoms with van der Waals surface area (Å²) >= 11 is 1.60. The number of aryl methyl sites for hydroxylation is 2. The van der Waals surface area contributed by atoms with Crippen LogP contribution in [0.25, 0.3) is 11.3 Å². The highest BCUT2D eigenvalue weighted by Crippen LogP contribution is 2.39. The average Bonchev–Trinajstić information content (AvgIpc) is 3.20. The van der Waals surface area contributed by atoms with Gasteiger partial charge in [-0.15, -0.1) is 17.9 Å². The van der Waals surface area contributed by atoms with Gasteiger partial charge in [-0.05, 0) is 57.2 Å². The molecule has 9 heteroatoms. The van der Waals surface area contributed by atoms with Crippen molar-refractivity contribution < 1.29 is 23.9 Å². The molecule has 36 heavy (non-hydrogen) atoms. The number of rotatable bonds is 6. The number of carbonyl (C=O) groups is 3. The highest BCUT2D eigenvalue weighted by Gasteiger charge is 2.34. The largest absolute Gasteiger partial charge is 0.482 e. The number of carbonyl (C=O) groups excluding carboxylic acids is 3. The standard InChI is InChI=1S/C27H25N3O5S/c1-5-10-29-20-11-18(6-8-23(20)34-14-25(29)32)22(31)13-30-21-12-19(26-16(3)36-17(4)28-26)7-9-24(21)35-15(2)27(30)33/h5-9,11-12,15H,1,10,13-14H2,2-4H3. The molecule has 0 N–H and O–H groups in total. The molecule has 0 saturated carbocycles. The number of aromatic nitrogens is 1. The maximum Gasteiger partial charge on any atom is 0.268 e. The SMILES string of the molecule is C=CCN1C(=O)COc2ccc(C(=O)CN3C(=O)C(C)Oc4ccc(-c5nc(C)sc5C)cc43)cc21. The van der Waals surface area contributed by atoms with Crippen LogP contribution < -0.4 is 19.3 Å². The first-order chi connectivity index (χ1) is 17.3. The smallest absolute Gasteiger partial charge is 0.268 e. The molecule has 0 saturated heterocycles.